The molecule has 1 aromatic rings. The molecule has 1 unspecified atom stereocenters. The van der Waals surface area contributed by atoms with Gasteiger partial charge >= 0.3 is 0 Å². The highest BCUT2D eigenvalue weighted by Gasteiger charge is 2.46. The van der Waals surface area contributed by atoms with Gasteiger partial charge in [-0.3, -0.25) is 4.79 Å². The molecule has 0 saturated carbocycles. The quantitative estimate of drug-likeness (QED) is 0.858. The van der Waals surface area contributed by atoms with Gasteiger partial charge in [0.1, 0.15) is 5.75 Å². The largest absolute Gasteiger partial charge is 0.497 e. The molecule has 0 aliphatic carbocycles. The van der Waals surface area contributed by atoms with Crippen LogP contribution in [0.4, 0.5) is 0 Å². The first-order valence-corrected chi connectivity index (χ1v) is 7.64. The zero-order chi connectivity index (χ0) is 14.9. The molecule has 1 aromatic carbocycles. The summed E-state index contributed by atoms with van der Waals surface area (Å²) in [7, 11) is 1.65. The Labute approximate surface area is 126 Å². The molecule has 0 N–H and O–H groups in total. The Hall–Kier alpha value is -1.55. The normalized spacial score (nSPS) is 21.7. The minimum absolute atomic E-state index is 0.114. The predicted molar refractivity (Wildman–Crippen MR) is 80.5 cm³/mol. The lowest BCUT2D eigenvalue weighted by Crippen LogP contribution is -2.60. The maximum Gasteiger partial charge on any atom is 0.229 e. The smallest absolute Gasteiger partial charge is 0.229 e. The molecule has 1 amide bonds. The fourth-order valence-electron chi connectivity index (χ4n) is 3.37. The van der Waals surface area contributed by atoms with Crippen molar-refractivity contribution in [3.63, 3.8) is 0 Å². The third-order valence-corrected chi connectivity index (χ3v) is 4.88. The number of likely N-dealkylation sites (tertiary alicyclic amines) is 1. The number of carbonyl (C=O) groups is 1. The number of carbonyl (C=O) groups excluding carboxylic acids is 1. The summed E-state index contributed by atoms with van der Waals surface area (Å²) in [5.41, 5.74) is 1.36. The van der Waals surface area contributed by atoms with E-state index in [9.17, 15) is 4.79 Å². The van der Waals surface area contributed by atoms with Crippen LogP contribution in [0.1, 0.15) is 31.2 Å². The number of benzene rings is 1. The summed E-state index contributed by atoms with van der Waals surface area (Å²) in [5, 5.41) is 0. The Balaban J connectivity index is 1.63. The topological polar surface area (TPSA) is 38.8 Å². The molecule has 2 fully saturated rings. The molecule has 0 aromatic heterocycles. The van der Waals surface area contributed by atoms with Crippen LogP contribution in [0.3, 0.4) is 0 Å². The highest BCUT2D eigenvalue weighted by Crippen LogP contribution is 2.41. The summed E-state index contributed by atoms with van der Waals surface area (Å²) >= 11 is 0. The van der Waals surface area contributed by atoms with E-state index in [1.165, 1.54) is 0 Å². The summed E-state index contributed by atoms with van der Waals surface area (Å²) in [6, 6.07) is 7.79. The van der Waals surface area contributed by atoms with E-state index >= 15 is 0 Å². The van der Waals surface area contributed by atoms with Gasteiger partial charge in [0.25, 0.3) is 0 Å². The molecule has 21 heavy (non-hydrogen) atoms. The van der Waals surface area contributed by atoms with Gasteiger partial charge in [-0.05, 0) is 37.5 Å². The zero-order valence-corrected chi connectivity index (χ0v) is 12.8. The minimum atomic E-state index is -0.114. The monoisotopic (exact) mass is 289 g/mol. The van der Waals surface area contributed by atoms with Crippen molar-refractivity contribution in [2.24, 2.45) is 5.41 Å². The van der Waals surface area contributed by atoms with Gasteiger partial charge in [0.15, 0.2) is 0 Å². The number of rotatable bonds is 3. The zero-order valence-electron chi connectivity index (χ0n) is 12.8. The third kappa shape index (κ3) is 2.77. The molecule has 1 spiro atoms. The Bertz CT molecular complexity index is 515. The van der Waals surface area contributed by atoms with Crippen molar-refractivity contribution in [2.45, 2.75) is 25.7 Å². The maximum absolute atomic E-state index is 12.6. The number of nitrogens with zero attached hydrogens (tertiary/aromatic N) is 1. The first-order valence-electron chi connectivity index (χ1n) is 7.64. The van der Waals surface area contributed by atoms with Crippen LogP contribution < -0.4 is 4.74 Å². The summed E-state index contributed by atoms with van der Waals surface area (Å²) in [4.78, 5) is 14.6. The van der Waals surface area contributed by atoms with Crippen LogP contribution in [-0.2, 0) is 9.53 Å². The Morgan fingerprint density at radius 3 is 2.71 bits per heavy atom. The van der Waals surface area contributed by atoms with Gasteiger partial charge in [0.05, 0.1) is 13.0 Å². The molecule has 4 nitrogen and oxygen atoms in total. The molecule has 2 aliphatic rings. The second-order valence-electron chi connectivity index (χ2n) is 6.30. The summed E-state index contributed by atoms with van der Waals surface area (Å²) in [6.45, 7) is 5.44. The van der Waals surface area contributed by atoms with Gasteiger partial charge in [0, 0.05) is 31.7 Å². The SMILES string of the molecule is COc1cccc(C(C)C(=O)N2CC3(CCOCC3)C2)c1. The number of ether oxygens (including phenoxy) is 2. The molecule has 0 bridgehead atoms. The van der Waals surface area contributed by atoms with Crippen LogP contribution in [0.2, 0.25) is 0 Å². The highest BCUT2D eigenvalue weighted by atomic mass is 16.5. The maximum atomic E-state index is 12.6. The van der Waals surface area contributed by atoms with Crippen molar-refractivity contribution < 1.29 is 14.3 Å². The van der Waals surface area contributed by atoms with E-state index in [4.69, 9.17) is 9.47 Å². The number of methoxy groups -OCH3 is 1. The van der Waals surface area contributed by atoms with E-state index in [1.807, 2.05) is 36.1 Å². The van der Waals surface area contributed by atoms with Gasteiger partial charge in [-0.25, -0.2) is 0 Å². The van der Waals surface area contributed by atoms with E-state index in [1.54, 1.807) is 7.11 Å². The van der Waals surface area contributed by atoms with Crippen molar-refractivity contribution >= 4 is 5.91 Å². The fourth-order valence-corrected chi connectivity index (χ4v) is 3.37. The van der Waals surface area contributed by atoms with Crippen molar-refractivity contribution in [3.05, 3.63) is 29.8 Å². The van der Waals surface area contributed by atoms with Gasteiger partial charge < -0.3 is 14.4 Å². The van der Waals surface area contributed by atoms with E-state index in [-0.39, 0.29) is 11.8 Å². The predicted octanol–water partition coefficient (Wildman–Crippen LogP) is 2.44. The first kappa shape index (κ1) is 14.4. The Kier molecular flexibility index (Phi) is 3.89. The molecule has 4 heteroatoms. The van der Waals surface area contributed by atoms with Crippen LogP contribution in [0, 0.1) is 5.41 Å². The third-order valence-electron chi connectivity index (χ3n) is 4.88. The van der Waals surface area contributed by atoms with Crippen molar-refractivity contribution in [3.8, 4) is 5.75 Å². The lowest BCUT2D eigenvalue weighted by Gasteiger charge is -2.52. The standard InChI is InChI=1S/C17H23NO3/c1-13(14-4-3-5-15(10-14)20-2)16(19)18-11-17(12-18)6-8-21-9-7-17/h3-5,10,13H,6-9,11-12H2,1-2H3. The second kappa shape index (κ2) is 5.68. The molecule has 0 radical (unpaired) electrons. The molecule has 2 saturated heterocycles. The highest BCUT2D eigenvalue weighted by molar-refractivity contribution is 5.84. The van der Waals surface area contributed by atoms with Crippen LogP contribution >= 0.6 is 0 Å². The molecular weight excluding hydrogens is 266 g/mol. The summed E-state index contributed by atoms with van der Waals surface area (Å²) < 4.78 is 10.7. The van der Waals surface area contributed by atoms with Crippen LogP contribution in [0.5, 0.6) is 5.75 Å². The summed E-state index contributed by atoms with van der Waals surface area (Å²) in [6.07, 6.45) is 2.18. The molecule has 1 atom stereocenters. The Morgan fingerprint density at radius 1 is 1.33 bits per heavy atom. The van der Waals surface area contributed by atoms with E-state index < -0.39 is 0 Å². The first-order chi connectivity index (χ1) is 10.1. The van der Waals surface area contributed by atoms with Gasteiger partial charge in [-0.15, -0.1) is 0 Å². The van der Waals surface area contributed by atoms with E-state index in [0.29, 0.717) is 5.41 Å². The van der Waals surface area contributed by atoms with Gasteiger partial charge in [-0.1, -0.05) is 12.1 Å². The van der Waals surface area contributed by atoms with Crippen molar-refractivity contribution in [1.29, 1.82) is 0 Å². The van der Waals surface area contributed by atoms with E-state index in [0.717, 1.165) is 50.5 Å². The van der Waals surface area contributed by atoms with Gasteiger partial charge in [0.2, 0.25) is 5.91 Å². The summed E-state index contributed by atoms with van der Waals surface area (Å²) in [5.74, 6) is 0.911. The molecule has 114 valence electrons. The molecule has 2 heterocycles. The molecular formula is C17H23NO3. The Morgan fingerprint density at radius 2 is 2.05 bits per heavy atom. The fraction of sp³-hybridized carbons (Fsp3) is 0.588. The lowest BCUT2D eigenvalue weighted by molar-refractivity contribution is -0.151. The molecule has 2 aliphatic heterocycles. The second-order valence-corrected chi connectivity index (χ2v) is 6.30. The van der Waals surface area contributed by atoms with Gasteiger partial charge in [-0.2, -0.15) is 0 Å². The van der Waals surface area contributed by atoms with Crippen LogP contribution in [-0.4, -0.2) is 44.2 Å². The van der Waals surface area contributed by atoms with Crippen LogP contribution in [0.15, 0.2) is 24.3 Å². The van der Waals surface area contributed by atoms with E-state index in [2.05, 4.69) is 0 Å². The molecule has 3 rings (SSSR count). The van der Waals surface area contributed by atoms with Crippen molar-refractivity contribution in [2.75, 3.05) is 33.4 Å². The van der Waals surface area contributed by atoms with Crippen LogP contribution in [0.25, 0.3) is 0 Å². The lowest BCUT2D eigenvalue weighted by atomic mass is 9.73. The minimum Gasteiger partial charge on any atom is -0.497 e. The number of hydrogen-bond acceptors (Lipinski definition) is 3. The average Bonchev–Trinajstić information content (AvgIpc) is 2.52. The number of hydrogen-bond donors (Lipinski definition) is 0. The average molecular weight is 289 g/mol. The number of amides is 1. The van der Waals surface area contributed by atoms with Crippen molar-refractivity contribution in [1.82, 2.24) is 4.90 Å².